The molecule has 104 valence electrons. The molecular weight excluding hydrogens is 242 g/mol. The molecule has 0 saturated carbocycles. The number of Topliss-reactive ketones (excluding diaryl/α,β-unsaturated/α-hetero) is 1. The first kappa shape index (κ1) is 14.0. The van der Waals surface area contributed by atoms with Crippen LogP contribution in [0.2, 0.25) is 0 Å². The second kappa shape index (κ2) is 6.68. The summed E-state index contributed by atoms with van der Waals surface area (Å²) in [6, 6.07) is 7.00. The topological polar surface area (TPSA) is 58.6 Å². The minimum atomic E-state index is -0.0751. The summed E-state index contributed by atoms with van der Waals surface area (Å²) in [4.78, 5) is 12.3. The molecule has 1 fully saturated rings. The number of ketones is 1. The zero-order valence-electron chi connectivity index (χ0n) is 11.3. The first-order valence-corrected chi connectivity index (χ1v) is 6.82. The summed E-state index contributed by atoms with van der Waals surface area (Å²) in [5, 5.41) is 12.8. The van der Waals surface area contributed by atoms with Crippen molar-refractivity contribution >= 4 is 5.78 Å². The summed E-state index contributed by atoms with van der Waals surface area (Å²) in [6.45, 7) is 4.12. The van der Waals surface area contributed by atoms with Crippen LogP contribution in [0.4, 0.5) is 0 Å². The van der Waals surface area contributed by atoms with Crippen LogP contribution in [-0.4, -0.2) is 36.7 Å². The number of rotatable bonds is 6. The fraction of sp³-hybridized carbons (Fsp3) is 0.533. The number of carbonyl (C=O) groups excluding carboxylic acids is 1. The lowest BCUT2D eigenvalue weighted by molar-refractivity contribution is -0.122. The molecule has 4 heteroatoms. The van der Waals surface area contributed by atoms with Crippen molar-refractivity contribution in [3.05, 3.63) is 29.8 Å². The molecule has 4 nitrogen and oxygen atoms in total. The third kappa shape index (κ3) is 3.78. The quantitative estimate of drug-likeness (QED) is 0.817. The van der Waals surface area contributed by atoms with Crippen molar-refractivity contribution in [3.63, 3.8) is 0 Å². The number of nitrogens with one attached hydrogen (secondary N) is 1. The Bertz CT molecular complexity index is 433. The van der Waals surface area contributed by atoms with Crippen LogP contribution in [0.15, 0.2) is 24.3 Å². The number of ether oxygens (including phenoxy) is 1. The lowest BCUT2D eigenvalue weighted by Crippen LogP contribution is -2.40. The average molecular weight is 263 g/mol. The smallest absolute Gasteiger partial charge is 0.144 e. The standard InChI is InChI=1S/C15H21NO3/c1-2-6-16-14-10-19-9-13(14)15(18)8-11-4-3-5-12(17)7-11/h3-5,7,13-14,16-17H,2,6,8-10H2,1H3. The van der Waals surface area contributed by atoms with Crippen molar-refractivity contribution in [2.45, 2.75) is 25.8 Å². The molecule has 0 radical (unpaired) electrons. The Hall–Kier alpha value is -1.39. The van der Waals surface area contributed by atoms with Crippen LogP contribution in [-0.2, 0) is 16.0 Å². The lowest BCUT2D eigenvalue weighted by Gasteiger charge is -2.17. The van der Waals surface area contributed by atoms with E-state index in [0.717, 1.165) is 18.5 Å². The Kier molecular flexibility index (Phi) is 4.93. The van der Waals surface area contributed by atoms with Gasteiger partial charge in [0, 0.05) is 12.5 Å². The van der Waals surface area contributed by atoms with Gasteiger partial charge in [-0.25, -0.2) is 0 Å². The van der Waals surface area contributed by atoms with Gasteiger partial charge in [0.15, 0.2) is 0 Å². The third-order valence-electron chi connectivity index (χ3n) is 3.44. The molecule has 2 rings (SSSR count). The fourth-order valence-electron chi connectivity index (χ4n) is 2.40. The molecule has 0 aromatic heterocycles. The monoisotopic (exact) mass is 263 g/mol. The van der Waals surface area contributed by atoms with Crippen molar-refractivity contribution in [2.24, 2.45) is 5.92 Å². The first-order valence-electron chi connectivity index (χ1n) is 6.82. The van der Waals surface area contributed by atoms with Crippen LogP contribution in [0.25, 0.3) is 0 Å². The molecule has 2 atom stereocenters. The highest BCUT2D eigenvalue weighted by atomic mass is 16.5. The van der Waals surface area contributed by atoms with E-state index in [1.165, 1.54) is 0 Å². The SMILES string of the molecule is CCCNC1COCC1C(=O)Cc1cccc(O)c1. The van der Waals surface area contributed by atoms with Gasteiger partial charge in [0.25, 0.3) is 0 Å². The van der Waals surface area contributed by atoms with Crippen LogP contribution in [0.1, 0.15) is 18.9 Å². The van der Waals surface area contributed by atoms with Crippen LogP contribution < -0.4 is 5.32 Å². The molecule has 0 bridgehead atoms. The van der Waals surface area contributed by atoms with Crippen LogP contribution in [0, 0.1) is 5.92 Å². The molecule has 1 aromatic rings. The Morgan fingerprint density at radius 2 is 2.32 bits per heavy atom. The van der Waals surface area contributed by atoms with Gasteiger partial charge in [-0.1, -0.05) is 19.1 Å². The average Bonchev–Trinajstić information content (AvgIpc) is 2.84. The van der Waals surface area contributed by atoms with E-state index in [-0.39, 0.29) is 23.5 Å². The van der Waals surface area contributed by atoms with Gasteiger partial charge in [0.1, 0.15) is 11.5 Å². The molecule has 1 aliphatic rings. The number of hydrogen-bond donors (Lipinski definition) is 2. The third-order valence-corrected chi connectivity index (χ3v) is 3.44. The zero-order chi connectivity index (χ0) is 13.7. The fourth-order valence-corrected chi connectivity index (χ4v) is 2.40. The highest BCUT2D eigenvalue weighted by Crippen LogP contribution is 2.19. The van der Waals surface area contributed by atoms with Crippen molar-refractivity contribution in [2.75, 3.05) is 19.8 Å². The molecule has 0 aliphatic carbocycles. The minimum absolute atomic E-state index is 0.0751. The van der Waals surface area contributed by atoms with Gasteiger partial charge in [0.2, 0.25) is 0 Å². The molecule has 1 saturated heterocycles. The number of phenolic OH excluding ortho intramolecular Hbond substituents is 1. The first-order chi connectivity index (χ1) is 9.20. The van der Waals surface area contributed by atoms with E-state index < -0.39 is 0 Å². The van der Waals surface area contributed by atoms with E-state index in [1.807, 2.05) is 6.07 Å². The summed E-state index contributed by atoms with van der Waals surface area (Å²) in [6.07, 6.45) is 1.40. The maximum atomic E-state index is 12.3. The molecule has 2 unspecified atom stereocenters. The highest BCUT2D eigenvalue weighted by molar-refractivity contribution is 5.84. The summed E-state index contributed by atoms with van der Waals surface area (Å²) < 4.78 is 5.42. The number of phenols is 1. The van der Waals surface area contributed by atoms with Gasteiger partial charge in [-0.2, -0.15) is 0 Å². The molecule has 1 aliphatic heterocycles. The van der Waals surface area contributed by atoms with Crippen molar-refractivity contribution in [1.29, 1.82) is 0 Å². The highest BCUT2D eigenvalue weighted by Gasteiger charge is 2.33. The van der Waals surface area contributed by atoms with Crippen LogP contribution >= 0.6 is 0 Å². The van der Waals surface area contributed by atoms with E-state index in [0.29, 0.717) is 19.6 Å². The molecule has 19 heavy (non-hydrogen) atoms. The minimum Gasteiger partial charge on any atom is -0.508 e. The van der Waals surface area contributed by atoms with E-state index in [9.17, 15) is 9.90 Å². The van der Waals surface area contributed by atoms with Gasteiger partial charge < -0.3 is 15.2 Å². The molecule has 2 N–H and O–H groups in total. The number of benzene rings is 1. The Labute approximate surface area is 113 Å². The van der Waals surface area contributed by atoms with Crippen molar-refractivity contribution in [3.8, 4) is 5.75 Å². The van der Waals surface area contributed by atoms with Crippen LogP contribution in [0.3, 0.4) is 0 Å². The Balaban J connectivity index is 1.95. The molecule has 1 aromatic carbocycles. The van der Waals surface area contributed by atoms with Crippen LogP contribution in [0.5, 0.6) is 5.75 Å². The van der Waals surface area contributed by atoms with Gasteiger partial charge in [-0.05, 0) is 30.7 Å². The molecular formula is C15H21NO3. The van der Waals surface area contributed by atoms with E-state index >= 15 is 0 Å². The van der Waals surface area contributed by atoms with Gasteiger partial charge in [0.05, 0.1) is 19.1 Å². The van der Waals surface area contributed by atoms with Gasteiger partial charge >= 0.3 is 0 Å². The zero-order valence-corrected chi connectivity index (χ0v) is 11.3. The van der Waals surface area contributed by atoms with E-state index in [4.69, 9.17) is 4.74 Å². The normalized spacial score (nSPS) is 22.6. The van der Waals surface area contributed by atoms with E-state index in [1.54, 1.807) is 18.2 Å². The van der Waals surface area contributed by atoms with Gasteiger partial charge in [-0.3, -0.25) is 4.79 Å². The lowest BCUT2D eigenvalue weighted by atomic mass is 9.93. The maximum Gasteiger partial charge on any atom is 0.144 e. The van der Waals surface area contributed by atoms with Crippen molar-refractivity contribution in [1.82, 2.24) is 5.32 Å². The number of hydrogen-bond acceptors (Lipinski definition) is 4. The maximum absolute atomic E-state index is 12.3. The Morgan fingerprint density at radius 3 is 3.05 bits per heavy atom. The molecule has 0 amide bonds. The molecule has 0 spiro atoms. The summed E-state index contributed by atoms with van der Waals surface area (Å²) >= 11 is 0. The second-order valence-corrected chi connectivity index (χ2v) is 5.02. The van der Waals surface area contributed by atoms with E-state index in [2.05, 4.69) is 12.2 Å². The second-order valence-electron chi connectivity index (χ2n) is 5.02. The molecule has 1 heterocycles. The number of aromatic hydroxyl groups is 1. The predicted octanol–water partition coefficient (Wildman–Crippen LogP) is 1.52. The van der Waals surface area contributed by atoms with Crippen molar-refractivity contribution < 1.29 is 14.6 Å². The largest absolute Gasteiger partial charge is 0.508 e. The summed E-state index contributed by atoms with van der Waals surface area (Å²) in [5.41, 5.74) is 0.853. The summed E-state index contributed by atoms with van der Waals surface area (Å²) in [7, 11) is 0. The summed E-state index contributed by atoms with van der Waals surface area (Å²) in [5.74, 6) is 0.305. The predicted molar refractivity (Wildman–Crippen MR) is 73.2 cm³/mol. The number of carbonyl (C=O) groups is 1. The van der Waals surface area contributed by atoms with Gasteiger partial charge in [-0.15, -0.1) is 0 Å². The Morgan fingerprint density at radius 1 is 1.47 bits per heavy atom.